The zero-order chi connectivity index (χ0) is 32.6. The van der Waals surface area contributed by atoms with E-state index in [-0.39, 0.29) is 45.6 Å². The number of hydrogen-bond donors (Lipinski definition) is 2. The maximum absolute atomic E-state index is 13.6. The molecule has 3 heterocycles. The number of hydrogen-bond acceptors (Lipinski definition) is 8. The van der Waals surface area contributed by atoms with Gasteiger partial charge in [0.2, 0.25) is 5.28 Å². The number of aromatic carboxylic acids is 2. The van der Waals surface area contributed by atoms with Gasteiger partial charge in [-0.3, -0.25) is 4.57 Å². The number of carbonyl (C=O) groups excluding carboxylic acids is 1. The fourth-order valence-electron chi connectivity index (χ4n) is 6.10. The highest BCUT2D eigenvalue weighted by Gasteiger charge is 2.57. The summed E-state index contributed by atoms with van der Waals surface area (Å²) in [5.41, 5.74) is 0.665. The molecule has 5 aromatic rings. The number of nitrogens with zero attached hydrogens (tertiary/aromatic N) is 4. The van der Waals surface area contributed by atoms with Crippen molar-refractivity contribution in [3.8, 4) is 0 Å². The lowest BCUT2D eigenvalue weighted by Crippen LogP contribution is -2.43. The van der Waals surface area contributed by atoms with E-state index >= 15 is 0 Å². The van der Waals surface area contributed by atoms with E-state index in [2.05, 4.69) is 15.0 Å². The Hall–Kier alpha value is -4.84. The molecular weight excluding hydrogens is 635 g/mol. The summed E-state index contributed by atoms with van der Waals surface area (Å²) in [5.74, 6) is -2.88. The lowest BCUT2D eigenvalue weighted by Gasteiger charge is -2.36. The van der Waals surface area contributed by atoms with E-state index in [1.807, 2.05) is 6.92 Å². The van der Waals surface area contributed by atoms with Crippen molar-refractivity contribution in [2.45, 2.75) is 38.2 Å². The normalized spacial score (nSPS) is 20.9. The molecule has 11 nitrogen and oxygen atoms in total. The molecule has 0 bridgehead atoms. The van der Waals surface area contributed by atoms with Gasteiger partial charge in [-0.05, 0) is 53.4 Å². The molecule has 234 valence electrons. The van der Waals surface area contributed by atoms with Gasteiger partial charge in [-0.15, -0.1) is 0 Å². The first-order valence-corrected chi connectivity index (χ1v) is 14.9. The van der Waals surface area contributed by atoms with Crippen molar-refractivity contribution in [2.75, 3.05) is 0 Å². The maximum atomic E-state index is 13.6. The second-order valence-corrected chi connectivity index (χ2v) is 11.8. The predicted molar refractivity (Wildman–Crippen MR) is 167 cm³/mol. The average molecular weight is 661 g/mol. The van der Waals surface area contributed by atoms with Gasteiger partial charge < -0.3 is 19.7 Å². The number of esters is 1. The highest BCUT2D eigenvalue weighted by Crippen LogP contribution is 2.51. The highest BCUT2D eigenvalue weighted by molar-refractivity contribution is 6.35. The first kappa shape index (κ1) is 31.2. The van der Waals surface area contributed by atoms with Gasteiger partial charge in [-0.2, -0.15) is 4.98 Å². The lowest BCUT2D eigenvalue weighted by atomic mass is 9.75. The Balaban J connectivity index is 1.54. The van der Waals surface area contributed by atoms with Crippen molar-refractivity contribution >= 4 is 52.3 Å². The van der Waals surface area contributed by atoms with Crippen molar-refractivity contribution in [2.24, 2.45) is 5.41 Å². The number of carboxylic acid groups (broad SMARTS) is 2. The quantitative estimate of drug-likeness (QED) is 0.107. The zero-order valence-electron chi connectivity index (χ0n) is 24.2. The van der Waals surface area contributed by atoms with Crippen LogP contribution in [0.1, 0.15) is 55.4 Å². The molecule has 46 heavy (non-hydrogen) atoms. The molecule has 2 N–H and O–H groups in total. The van der Waals surface area contributed by atoms with Crippen LogP contribution in [-0.4, -0.2) is 59.8 Å². The van der Waals surface area contributed by atoms with Crippen molar-refractivity contribution in [3.63, 3.8) is 0 Å². The Labute approximate surface area is 272 Å². The Morgan fingerprint density at radius 3 is 2.17 bits per heavy atom. The third kappa shape index (κ3) is 5.80. The summed E-state index contributed by atoms with van der Waals surface area (Å²) in [4.78, 5) is 50.8. The molecule has 0 saturated carbocycles. The predicted octanol–water partition coefficient (Wildman–Crippen LogP) is 6.14. The molecule has 13 heteroatoms. The van der Waals surface area contributed by atoms with Crippen LogP contribution in [0.2, 0.25) is 10.4 Å². The van der Waals surface area contributed by atoms with E-state index < -0.39 is 41.8 Å². The Bertz CT molecular complexity index is 1970. The third-order valence-electron chi connectivity index (χ3n) is 8.19. The molecule has 0 amide bonds. The molecule has 0 radical (unpaired) electrons. The van der Waals surface area contributed by atoms with E-state index in [9.17, 15) is 24.6 Å². The smallest absolute Gasteiger partial charge is 0.338 e. The Kier molecular flexibility index (Phi) is 8.47. The number of fused-ring (bicyclic) bond motifs is 1. The molecular formula is C33H26Cl2N4O7. The molecule has 0 spiro atoms. The summed E-state index contributed by atoms with van der Waals surface area (Å²) in [6, 6.07) is 21.5. The summed E-state index contributed by atoms with van der Waals surface area (Å²) in [6.07, 6.45) is -1.33. The Morgan fingerprint density at radius 2 is 1.50 bits per heavy atom. The SMILES string of the molecule is C[C@@]1(Cc2ccccc2C(=O)O)[C@H](OC(=O)c2ccccc2)[C@@H](Cc2ccccc2C(=O)O)O[C@H]1n1cnc2c(Cl)nc(Cl)nc21. The van der Waals surface area contributed by atoms with Crippen LogP contribution in [0.15, 0.2) is 85.2 Å². The van der Waals surface area contributed by atoms with Crippen LogP contribution in [0.4, 0.5) is 0 Å². The van der Waals surface area contributed by atoms with Gasteiger partial charge in [0.05, 0.1) is 28.4 Å². The number of rotatable bonds is 9. The molecule has 2 aromatic heterocycles. The summed E-state index contributed by atoms with van der Waals surface area (Å²) in [6.45, 7) is 1.82. The van der Waals surface area contributed by atoms with Crippen LogP contribution in [0.5, 0.6) is 0 Å². The van der Waals surface area contributed by atoms with E-state index in [1.54, 1.807) is 71.3 Å². The molecule has 0 unspecified atom stereocenters. The van der Waals surface area contributed by atoms with Gasteiger partial charge >= 0.3 is 17.9 Å². The molecule has 1 aliphatic rings. The number of imidazole rings is 1. The van der Waals surface area contributed by atoms with Crippen LogP contribution in [-0.2, 0) is 22.3 Å². The van der Waals surface area contributed by atoms with Crippen molar-refractivity contribution in [1.29, 1.82) is 0 Å². The van der Waals surface area contributed by atoms with Crippen LogP contribution >= 0.6 is 23.2 Å². The number of benzene rings is 3. The summed E-state index contributed by atoms with van der Waals surface area (Å²) >= 11 is 12.5. The van der Waals surface area contributed by atoms with Gasteiger partial charge in [0.15, 0.2) is 10.8 Å². The molecule has 1 fully saturated rings. The van der Waals surface area contributed by atoms with Crippen molar-refractivity contribution in [1.82, 2.24) is 19.5 Å². The number of carboxylic acids is 2. The van der Waals surface area contributed by atoms with Crippen LogP contribution in [0.3, 0.4) is 0 Å². The molecule has 6 rings (SSSR count). The van der Waals surface area contributed by atoms with Gasteiger partial charge in [0, 0.05) is 6.42 Å². The molecule has 3 aromatic carbocycles. The summed E-state index contributed by atoms with van der Waals surface area (Å²) in [5, 5.41) is 19.8. The van der Waals surface area contributed by atoms with E-state index in [0.717, 1.165) is 0 Å². The minimum atomic E-state index is -1.18. The average Bonchev–Trinajstić information content (AvgIpc) is 3.56. The first-order valence-electron chi connectivity index (χ1n) is 14.2. The number of carbonyl (C=O) groups is 3. The fraction of sp³-hybridized carbons (Fsp3) is 0.212. The zero-order valence-corrected chi connectivity index (χ0v) is 25.7. The standard InChI is InChI=1S/C33H26Cl2N4O7/c1-33(16-20-12-6-8-14-22(20)29(42)43)25(46-30(44)18-9-3-2-4-10-18)23(15-19-11-5-7-13-21(19)28(40)41)45-31(33)39-17-36-24-26(34)37-32(35)38-27(24)39/h2-14,17,23,25,31H,15-16H2,1H3,(H,40,41)(H,42,43)/t23-,25-,31-,33-/m1/s1. The second-order valence-electron chi connectivity index (χ2n) is 11.1. The second kappa shape index (κ2) is 12.5. The van der Waals surface area contributed by atoms with Gasteiger partial charge in [0.1, 0.15) is 24.0 Å². The highest BCUT2D eigenvalue weighted by atomic mass is 35.5. The monoisotopic (exact) mass is 660 g/mol. The lowest BCUT2D eigenvalue weighted by molar-refractivity contribution is -0.0332. The largest absolute Gasteiger partial charge is 0.478 e. The number of aromatic nitrogens is 4. The maximum Gasteiger partial charge on any atom is 0.338 e. The first-order chi connectivity index (χ1) is 22.1. The van der Waals surface area contributed by atoms with Crippen LogP contribution in [0, 0.1) is 5.41 Å². The minimum absolute atomic E-state index is 0.0173. The Morgan fingerprint density at radius 1 is 0.891 bits per heavy atom. The summed E-state index contributed by atoms with van der Waals surface area (Å²) < 4.78 is 14.6. The van der Waals surface area contributed by atoms with E-state index in [0.29, 0.717) is 16.7 Å². The van der Waals surface area contributed by atoms with Gasteiger partial charge in [-0.1, -0.05) is 73.1 Å². The minimum Gasteiger partial charge on any atom is -0.478 e. The third-order valence-corrected chi connectivity index (χ3v) is 8.62. The van der Waals surface area contributed by atoms with Gasteiger partial charge in [0.25, 0.3) is 0 Å². The fourth-order valence-corrected chi connectivity index (χ4v) is 6.52. The topological polar surface area (TPSA) is 154 Å². The van der Waals surface area contributed by atoms with Crippen molar-refractivity contribution in [3.05, 3.63) is 123 Å². The summed E-state index contributed by atoms with van der Waals surface area (Å²) in [7, 11) is 0. The molecule has 4 atom stereocenters. The van der Waals surface area contributed by atoms with Gasteiger partial charge in [-0.25, -0.2) is 24.4 Å². The molecule has 0 aliphatic carbocycles. The number of halogens is 2. The van der Waals surface area contributed by atoms with Crippen molar-refractivity contribution < 1.29 is 34.1 Å². The molecule has 1 aliphatic heterocycles. The molecule has 1 saturated heterocycles. The van der Waals surface area contributed by atoms with E-state index in [1.165, 1.54) is 18.5 Å². The van der Waals surface area contributed by atoms with Crippen LogP contribution in [0.25, 0.3) is 11.2 Å². The van der Waals surface area contributed by atoms with Crippen LogP contribution < -0.4 is 0 Å². The number of ether oxygens (including phenoxy) is 2. The van der Waals surface area contributed by atoms with E-state index in [4.69, 9.17) is 32.7 Å².